The van der Waals surface area contributed by atoms with E-state index >= 15 is 0 Å². The Labute approximate surface area is 111 Å². The number of fused-ring (bicyclic) bond motifs is 1. The topological polar surface area (TPSA) is 68.0 Å². The van der Waals surface area contributed by atoms with Gasteiger partial charge < -0.3 is 11.1 Å². The van der Waals surface area contributed by atoms with Gasteiger partial charge >= 0.3 is 0 Å². The summed E-state index contributed by atoms with van der Waals surface area (Å²) in [7, 11) is 0. The predicted octanol–water partition coefficient (Wildman–Crippen LogP) is 1.56. The lowest BCUT2D eigenvalue weighted by Gasteiger charge is -2.25. The van der Waals surface area contributed by atoms with Gasteiger partial charge in [-0.2, -0.15) is 0 Å². The Hall–Kier alpha value is -2.20. The number of carbonyl (C=O) groups is 1. The van der Waals surface area contributed by atoms with Crippen LogP contribution in [0, 0.1) is 0 Å². The Kier molecular flexibility index (Phi) is 3.01. The summed E-state index contributed by atoms with van der Waals surface area (Å²) in [6.45, 7) is 0.715. The molecule has 1 atom stereocenters. The van der Waals surface area contributed by atoms with Gasteiger partial charge in [0.2, 0.25) is 0 Å². The smallest absolute Gasteiger partial charge is 0.183 e. The minimum atomic E-state index is -0.221. The fourth-order valence-electron chi connectivity index (χ4n) is 2.44. The number of hydrogen-bond acceptors (Lipinski definition) is 4. The van der Waals surface area contributed by atoms with Gasteiger partial charge in [0.05, 0.1) is 11.6 Å². The van der Waals surface area contributed by atoms with Crippen molar-refractivity contribution < 1.29 is 4.79 Å². The molecule has 2 aromatic rings. The number of nitrogens with one attached hydrogen (secondary N) is 1. The standard InChI is InChI=1S/C15H15N3O/c16-13-5-6-17-9-12(13)15(19)14-7-10-3-1-2-4-11(10)8-18-14/h1-6,9,14,18H,7-8H2,(H2,16,17). The molecule has 0 spiro atoms. The first-order valence-corrected chi connectivity index (χ1v) is 6.29. The number of pyridine rings is 1. The fraction of sp³-hybridized carbons (Fsp3) is 0.200. The Balaban J connectivity index is 1.86. The van der Waals surface area contributed by atoms with Crippen LogP contribution in [-0.2, 0) is 13.0 Å². The second-order valence-corrected chi connectivity index (χ2v) is 4.73. The number of nitrogen functional groups attached to an aromatic ring is 1. The largest absolute Gasteiger partial charge is 0.398 e. The third-order valence-electron chi connectivity index (χ3n) is 3.52. The van der Waals surface area contributed by atoms with Gasteiger partial charge in [-0.1, -0.05) is 24.3 Å². The number of nitrogens with zero attached hydrogens (tertiary/aromatic N) is 1. The fourth-order valence-corrected chi connectivity index (χ4v) is 2.44. The van der Waals surface area contributed by atoms with E-state index in [1.165, 1.54) is 11.1 Å². The minimum Gasteiger partial charge on any atom is -0.398 e. The van der Waals surface area contributed by atoms with E-state index in [4.69, 9.17) is 5.73 Å². The molecule has 0 bridgehead atoms. The molecule has 1 unspecified atom stereocenters. The first kappa shape index (κ1) is 11.9. The van der Waals surface area contributed by atoms with Crippen LogP contribution in [0.25, 0.3) is 0 Å². The highest BCUT2D eigenvalue weighted by molar-refractivity contribution is 6.04. The van der Waals surface area contributed by atoms with Crippen molar-refractivity contribution in [2.24, 2.45) is 0 Å². The van der Waals surface area contributed by atoms with Gasteiger partial charge in [0.1, 0.15) is 0 Å². The maximum absolute atomic E-state index is 12.4. The second-order valence-electron chi connectivity index (χ2n) is 4.73. The van der Waals surface area contributed by atoms with Crippen LogP contribution in [0.2, 0.25) is 0 Å². The lowest BCUT2D eigenvalue weighted by molar-refractivity contribution is 0.0938. The van der Waals surface area contributed by atoms with Gasteiger partial charge in [0.15, 0.2) is 5.78 Å². The molecule has 96 valence electrons. The van der Waals surface area contributed by atoms with E-state index in [-0.39, 0.29) is 11.8 Å². The number of ketones is 1. The van der Waals surface area contributed by atoms with E-state index < -0.39 is 0 Å². The minimum absolute atomic E-state index is 0.0140. The Morgan fingerprint density at radius 1 is 1.26 bits per heavy atom. The lowest BCUT2D eigenvalue weighted by atomic mass is 9.91. The molecule has 1 aliphatic heterocycles. The zero-order valence-electron chi connectivity index (χ0n) is 10.5. The van der Waals surface area contributed by atoms with Crippen molar-refractivity contribution in [1.82, 2.24) is 10.3 Å². The number of nitrogens with two attached hydrogens (primary N) is 1. The zero-order chi connectivity index (χ0) is 13.2. The molecule has 0 saturated carbocycles. The van der Waals surface area contributed by atoms with Crippen LogP contribution in [0.15, 0.2) is 42.7 Å². The van der Waals surface area contributed by atoms with Crippen LogP contribution < -0.4 is 11.1 Å². The molecule has 1 aromatic heterocycles. The number of rotatable bonds is 2. The average molecular weight is 253 g/mol. The van der Waals surface area contributed by atoms with Gasteiger partial charge in [-0.3, -0.25) is 9.78 Å². The lowest BCUT2D eigenvalue weighted by Crippen LogP contribution is -2.42. The zero-order valence-corrected chi connectivity index (χ0v) is 10.5. The summed E-state index contributed by atoms with van der Waals surface area (Å²) in [6.07, 6.45) is 3.83. The first-order valence-electron chi connectivity index (χ1n) is 6.29. The molecular weight excluding hydrogens is 238 g/mol. The summed E-state index contributed by atoms with van der Waals surface area (Å²) in [6, 6.07) is 9.61. The van der Waals surface area contributed by atoms with Crippen LogP contribution in [0.5, 0.6) is 0 Å². The van der Waals surface area contributed by atoms with Crippen molar-refractivity contribution in [2.45, 2.75) is 19.0 Å². The average Bonchev–Trinajstić information content (AvgIpc) is 2.46. The molecule has 0 saturated heterocycles. The summed E-state index contributed by atoms with van der Waals surface area (Å²) in [5.74, 6) is 0.0140. The molecule has 0 fully saturated rings. The monoisotopic (exact) mass is 253 g/mol. The number of carbonyl (C=O) groups excluding carboxylic acids is 1. The second kappa shape index (κ2) is 4.82. The molecule has 2 heterocycles. The van der Waals surface area contributed by atoms with Crippen molar-refractivity contribution in [1.29, 1.82) is 0 Å². The SMILES string of the molecule is Nc1ccncc1C(=O)C1Cc2ccccc2CN1. The summed E-state index contributed by atoms with van der Waals surface area (Å²) < 4.78 is 0. The molecule has 1 aromatic carbocycles. The number of benzene rings is 1. The Morgan fingerprint density at radius 2 is 2.05 bits per heavy atom. The van der Waals surface area contributed by atoms with Crippen molar-refractivity contribution in [2.75, 3.05) is 5.73 Å². The van der Waals surface area contributed by atoms with Crippen molar-refractivity contribution in [3.63, 3.8) is 0 Å². The first-order chi connectivity index (χ1) is 9.25. The molecule has 0 amide bonds. The third kappa shape index (κ3) is 2.22. The van der Waals surface area contributed by atoms with Crippen LogP contribution >= 0.6 is 0 Å². The van der Waals surface area contributed by atoms with Gasteiger partial charge in [-0.05, 0) is 23.6 Å². The normalized spacial score (nSPS) is 17.8. The molecule has 1 aliphatic rings. The van der Waals surface area contributed by atoms with E-state index in [2.05, 4.69) is 22.4 Å². The van der Waals surface area contributed by atoms with E-state index in [9.17, 15) is 4.79 Å². The Bertz CT molecular complexity index is 624. The van der Waals surface area contributed by atoms with Crippen LogP contribution in [-0.4, -0.2) is 16.8 Å². The summed E-state index contributed by atoms with van der Waals surface area (Å²) in [5, 5.41) is 3.27. The molecular formula is C15H15N3O. The number of anilines is 1. The number of aromatic nitrogens is 1. The van der Waals surface area contributed by atoms with Gasteiger partial charge in [-0.15, -0.1) is 0 Å². The third-order valence-corrected chi connectivity index (χ3v) is 3.52. The molecule has 4 nitrogen and oxygen atoms in total. The molecule has 3 N–H and O–H groups in total. The van der Waals surface area contributed by atoms with Gasteiger partial charge in [0, 0.05) is 24.6 Å². The predicted molar refractivity (Wildman–Crippen MR) is 73.8 cm³/mol. The van der Waals surface area contributed by atoms with E-state index in [0.717, 1.165) is 0 Å². The van der Waals surface area contributed by atoms with Crippen LogP contribution in [0.3, 0.4) is 0 Å². The maximum atomic E-state index is 12.4. The van der Waals surface area contributed by atoms with Crippen molar-refractivity contribution >= 4 is 11.5 Å². The molecule has 3 rings (SSSR count). The maximum Gasteiger partial charge on any atom is 0.183 e. The molecule has 0 aliphatic carbocycles. The van der Waals surface area contributed by atoms with Crippen molar-refractivity contribution in [3.8, 4) is 0 Å². The van der Waals surface area contributed by atoms with Gasteiger partial charge in [-0.25, -0.2) is 0 Å². The summed E-state index contributed by atoms with van der Waals surface area (Å²) >= 11 is 0. The molecule has 0 radical (unpaired) electrons. The molecule has 4 heteroatoms. The van der Waals surface area contributed by atoms with E-state index in [1.807, 2.05) is 12.1 Å². The van der Waals surface area contributed by atoms with Crippen molar-refractivity contribution in [3.05, 3.63) is 59.4 Å². The van der Waals surface area contributed by atoms with E-state index in [0.29, 0.717) is 24.2 Å². The van der Waals surface area contributed by atoms with Crippen LogP contribution in [0.4, 0.5) is 5.69 Å². The Morgan fingerprint density at radius 3 is 2.84 bits per heavy atom. The number of Topliss-reactive ketones (excluding diaryl/α,β-unsaturated/α-hetero) is 1. The summed E-state index contributed by atoms with van der Waals surface area (Å²) in [4.78, 5) is 16.4. The highest BCUT2D eigenvalue weighted by Gasteiger charge is 2.25. The van der Waals surface area contributed by atoms with Gasteiger partial charge in [0.25, 0.3) is 0 Å². The quantitative estimate of drug-likeness (QED) is 0.797. The highest BCUT2D eigenvalue weighted by atomic mass is 16.1. The number of hydrogen-bond donors (Lipinski definition) is 2. The van der Waals surface area contributed by atoms with Crippen LogP contribution in [0.1, 0.15) is 21.5 Å². The highest BCUT2D eigenvalue weighted by Crippen LogP contribution is 2.20. The van der Waals surface area contributed by atoms with E-state index in [1.54, 1.807) is 18.5 Å². The molecule has 19 heavy (non-hydrogen) atoms. The summed E-state index contributed by atoms with van der Waals surface area (Å²) in [5.41, 5.74) is 9.30.